The van der Waals surface area contributed by atoms with Crippen molar-refractivity contribution in [2.24, 2.45) is 0 Å². The van der Waals surface area contributed by atoms with Gasteiger partial charge in [0.2, 0.25) is 0 Å². The number of aliphatic carboxylic acids is 1. The van der Waals surface area contributed by atoms with Gasteiger partial charge in [0.05, 0.1) is 32.3 Å². The molecule has 2 N–H and O–H groups in total. The van der Waals surface area contributed by atoms with E-state index in [0.717, 1.165) is 11.1 Å². The van der Waals surface area contributed by atoms with Crippen molar-refractivity contribution >= 4 is 18.4 Å². The van der Waals surface area contributed by atoms with E-state index in [1.54, 1.807) is 0 Å². The molecule has 1 aliphatic rings. The average molecular weight is 316 g/mol. The molecule has 2 atom stereocenters. The number of hydrogen-bond donors (Lipinski definition) is 2. The monoisotopic (exact) mass is 315 g/mol. The number of carbonyl (C=O) groups is 1. The van der Waals surface area contributed by atoms with E-state index in [-0.39, 0.29) is 31.0 Å². The molecule has 1 saturated heterocycles. The van der Waals surface area contributed by atoms with Gasteiger partial charge in [-0.2, -0.15) is 0 Å². The second-order valence-corrected chi connectivity index (χ2v) is 4.92. The minimum atomic E-state index is -0.804. The fourth-order valence-corrected chi connectivity index (χ4v) is 2.41. The van der Waals surface area contributed by atoms with Crippen LogP contribution in [-0.4, -0.2) is 43.5 Å². The summed E-state index contributed by atoms with van der Waals surface area (Å²) in [6, 6.07) is 8.02. The molecule has 1 fully saturated rings. The summed E-state index contributed by atoms with van der Waals surface area (Å²) in [5.74, 6) is -0.804. The van der Waals surface area contributed by atoms with Crippen molar-refractivity contribution in [3.05, 3.63) is 35.4 Å². The van der Waals surface area contributed by atoms with Crippen molar-refractivity contribution in [2.75, 3.05) is 26.4 Å². The van der Waals surface area contributed by atoms with Gasteiger partial charge in [0, 0.05) is 6.54 Å². The van der Waals surface area contributed by atoms with Crippen LogP contribution in [0.5, 0.6) is 0 Å². The van der Waals surface area contributed by atoms with Gasteiger partial charge in [-0.25, -0.2) is 0 Å². The molecule has 1 aliphatic heterocycles. The molecule has 1 aromatic rings. The molecule has 1 heterocycles. The van der Waals surface area contributed by atoms with Gasteiger partial charge < -0.3 is 19.9 Å². The summed E-state index contributed by atoms with van der Waals surface area (Å²) in [5.41, 5.74) is 2.29. The maximum absolute atomic E-state index is 10.7. The van der Waals surface area contributed by atoms with Gasteiger partial charge >= 0.3 is 5.97 Å². The molecule has 2 rings (SSSR count). The van der Waals surface area contributed by atoms with Crippen molar-refractivity contribution < 1.29 is 19.4 Å². The number of rotatable bonds is 6. The smallest absolute Gasteiger partial charge is 0.304 e. The summed E-state index contributed by atoms with van der Waals surface area (Å²) in [7, 11) is 0. The molecule has 0 aliphatic carbocycles. The topological polar surface area (TPSA) is 67.8 Å². The van der Waals surface area contributed by atoms with Crippen LogP contribution in [0.1, 0.15) is 23.6 Å². The number of hydrogen-bond acceptors (Lipinski definition) is 4. The van der Waals surface area contributed by atoms with Gasteiger partial charge in [-0.3, -0.25) is 4.79 Å². The fraction of sp³-hybridized carbons (Fsp3) is 0.533. The first-order chi connectivity index (χ1) is 9.68. The Labute approximate surface area is 131 Å². The lowest BCUT2D eigenvalue weighted by Gasteiger charge is -2.32. The van der Waals surface area contributed by atoms with Crippen LogP contribution < -0.4 is 5.32 Å². The SMILES string of the molecule is Cc1ccccc1C(NCCC(=O)O)C1COCCO1.Cl. The number of halogens is 1. The molecule has 6 heteroatoms. The molecular formula is C15H22ClNO4. The molecule has 21 heavy (non-hydrogen) atoms. The van der Waals surface area contributed by atoms with Gasteiger partial charge in [0.15, 0.2) is 0 Å². The molecule has 0 saturated carbocycles. The summed E-state index contributed by atoms with van der Waals surface area (Å²) >= 11 is 0. The van der Waals surface area contributed by atoms with Crippen LogP contribution in [-0.2, 0) is 14.3 Å². The lowest BCUT2D eigenvalue weighted by Crippen LogP contribution is -2.41. The third-order valence-electron chi connectivity index (χ3n) is 3.44. The largest absolute Gasteiger partial charge is 0.481 e. The minimum absolute atomic E-state index is 0. The van der Waals surface area contributed by atoms with Gasteiger partial charge in [-0.1, -0.05) is 24.3 Å². The van der Waals surface area contributed by atoms with Crippen molar-refractivity contribution in [1.82, 2.24) is 5.32 Å². The van der Waals surface area contributed by atoms with Crippen LogP contribution in [0.2, 0.25) is 0 Å². The molecule has 5 nitrogen and oxygen atoms in total. The molecule has 0 radical (unpaired) electrons. The Hall–Kier alpha value is -1.14. The molecule has 0 amide bonds. The van der Waals surface area contributed by atoms with E-state index < -0.39 is 5.97 Å². The van der Waals surface area contributed by atoms with Gasteiger partial charge in [0.25, 0.3) is 0 Å². The van der Waals surface area contributed by atoms with Gasteiger partial charge in [0.1, 0.15) is 6.10 Å². The average Bonchev–Trinajstić information content (AvgIpc) is 2.45. The summed E-state index contributed by atoms with van der Waals surface area (Å²) in [4.78, 5) is 10.7. The van der Waals surface area contributed by atoms with Crippen molar-refractivity contribution in [2.45, 2.75) is 25.5 Å². The second-order valence-electron chi connectivity index (χ2n) is 4.92. The van der Waals surface area contributed by atoms with Crippen molar-refractivity contribution in [1.29, 1.82) is 0 Å². The van der Waals surface area contributed by atoms with E-state index in [1.165, 1.54) is 0 Å². The fourth-order valence-electron chi connectivity index (χ4n) is 2.41. The highest BCUT2D eigenvalue weighted by atomic mass is 35.5. The number of carboxylic acid groups (broad SMARTS) is 1. The maximum Gasteiger partial charge on any atom is 0.304 e. The molecule has 0 aromatic heterocycles. The van der Waals surface area contributed by atoms with Crippen LogP contribution in [0, 0.1) is 6.92 Å². The van der Waals surface area contributed by atoms with Gasteiger partial charge in [-0.05, 0) is 18.1 Å². The first kappa shape index (κ1) is 17.9. The summed E-state index contributed by atoms with van der Waals surface area (Å²) < 4.78 is 11.2. The maximum atomic E-state index is 10.7. The van der Waals surface area contributed by atoms with E-state index in [0.29, 0.717) is 26.4 Å². The van der Waals surface area contributed by atoms with Crippen LogP contribution in [0.4, 0.5) is 0 Å². The summed E-state index contributed by atoms with van der Waals surface area (Å²) in [6.45, 7) is 4.18. The standard InChI is InChI=1S/C15H21NO4.ClH/c1-11-4-2-3-5-12(11)15(16-7-6-14(17)18)13-10-19-8-9-20-13;/h2-5,13,15-16H,6-10H2,1H3,(H,17,18);1H. The predicted octanol–water partition coefficient (Wildman–Crippen LogP) is 1.94. The highest BCUT2D eigenvalue weighted by molar-refractivity contribution is 5.85. The first-order valence-electron chi connectivity index (χ1n) is 6.88. The summed E-state index contributed by atoms with van der Waals surface area (Å²) in [6.07, 6.45) is 0.00862. The van der Waals surface area contributed by atoms with Crippen LogP contribution in [0.3, 0.4) is 0 Å². The Kier molecular flexibility index (Phi) is 7.67. The lowest BCUT2D eigenvalue weighted by atomic mass is 9.96. The number of benzene rings is 1. The third-order valence-corrected chi connectivity index (χ3v) is 3.44. The van der Waals surface area contributed by atoms with E-state index in [9.17, 15) is 4.79 Å². The zero-order chi connectivity index (χ0) is 14.4. The Morgan fingerprint density at radius 3 is 2.81 bits per heavy atom. The second kappa shape index (κ2) is 9.00. The molecule has 2 unspecified atom stereocenters. The van der Waals surface area contributed by atoms with E-state index in [1.807, 2.05) is 31.2 Å². The summed E-state index contributed by atoms with van der Waals surface area (Å²) in [5, 5.41) is 12.1. The predicted molar refractivity (Wildman–Crippen MR) is 82.0 cm³/mol. The Balaban J connectivity index is 0.00000220. The normalized spacial score (nSPS) is 19.6. The van der Waals surface area contributed by atoms with E-state index >= 15 is 0 Å². The third kappa shape index (κ3) is 5.28. The van der Waals surface area contributed by atoms with Crippen LogP contribution >= 0.6 is 12.4 Å². The van der Waals surface area contributed by atoms with E-state index in [2.05, 4.69) is 5.32 Å². The quantitative estimate of drug-likeness (QED) is 0.839. The van der Waals surface area contributed by atoms with Gasteiger partial charge in [-0.15, -0.1) is 12.4 Å². The zero-order valence-corrected chi connectivity index (χ0v) is 12.9. The minimum Gasteiger partial charge on any atom is -0.481 e. The highest BCUT2D eigenvalue weighted by Crippen LogP contribution is 2.24. The molecular weight excluding hydrogens is 294 g/mol. The lowest BCUT2D eigenvalue weighted by molar-refractivity contribution is -0.137. The van der Waals surface area contributed by atoms with E-state index in [4.69, 9.17) is 14.6 Å². The van der Waals surface area contributed by atoms with Crippen LogP contribution in [0.15, 0.2) is 24.3 Å². The Morgan fingerprint density at radius 2 is 2.19 bits per heavy atom. The number of nitrogens with one attached hydrogen (secondary N) is 1. The first-order valence-corrected chi connectivity index (χ1v) is 6.88. The number of ether oxygens (including phenoxy) is 2. The molecule has 118 valence electrons. The number of carboxylic acids is 1. The molecule has 0 spiro atoms. The van der Waals surface area contributed by atoms with Crippen molar-refractivity contribution in [3.8, 4) is 0 Å². The molecule has 1 aromatic carbocycles. The number of aryl methyl sites for hydroxylation is 1. The van der Waals surface area contributed by atoms with Crippen LogP contribution in [0.25, 0.3) is 0 Å². The molecule has 0 bridgehead atoms. The zero-order valence-electron chi connectivity index (χ0n) is 12.1. The van der Waals surface area contributed by atoms with Crippen molar-refractivity contribution in [3.63, 3.8) is 0 Å². The Bertz CT molecular complexity index is 449. The highest BCUT2D eigenvalue weighted by Gasteiger charge is 2.27. The Morgan fingerprint density at radius 1 is 1.43 bits per heavy atom.